The molecule has 21 heavy (non-hydrogen) atoms. The van der Waals surface area contributed by atoms with E-state index in [1.54, 1.807) is 12.1 Å². The molecular formula is C15H27N3O2S. The maximum absolute atomic E-state index is 11.3. The van der Waals surface area contributed by atoms with Crippen molar-refractivity contribution in [2.75, 3.05) is 17.6 Å². The molecule has 0 heterocycles. The molecular weight excluding hydrogens is 286 g/mol. The molecule has 120 valence electrons. The number of hydrogen-bond acceptors (Lipinski definition) is 4. The fourth-order valence-corrected chi connectivity index (χ4v) is 2.85. The van der Waals surface area contributed by atoms with Crippen LogP contribution in [0.15, 0.2) is 23.1 Å². The van der Waals surface area contributed by atoms with Gasteiger partial charge in [0.15, 0.2) is 0 Å². The van der Waals surface area contributed by atoms with E-state index in [2.05, 4.69) is 26.1 Å². The fraction of sp³-hybridized carbons (Fsp3) is 0.600. The van der Waals surface area contributed by atoms with E-state index in [1.807, 2.05) is 0 Å². The number of nitrogen functional groups attached to an aromatic ring is 1. The van der Waals surface area contributed by atoms with Gasteiger partial charge in [0.2, 0.25) is 10.0 Å². The van der Waals surface area contributed by atoms with Crippen molar-refractivity contribution >= 4 is 21.4 Å². The van der Waals surface area contributed by atoms with E-state index in [0.29, 0.717) is 0 Å². The number of anilines is 2. The molecule has 5 N–H and O–H groups in total. The van der Waals surface area contributed by atoms with Crippen molar-refractivity contribution in [1.82, 2.24) is 0 Å². The lowest BCUT2D eigenvalue weighted by Gasteiger charge is -2.25. The van der Waals surface area contributed by atoms with Gasteiger partial charge < -0.3 is 11.1 Å². The average Bonchev–Trinajstić information content (AvgIpc) is 2.35. The van der Waals surface area contributed by atoms with Crippen LogP contribution in [0.2, 0.25) is 0 Å². The highest BCUT2D eigenvalue weighted by Crippen LogP contribution is 2.26. The quantitative estimate of drug-likeness (QED) is 0.507. The second-order valence-electron chi connectivity index (χ2n) is 6.27. The molecule has 0 radical (unpaired) electrons. The molecule has 0 fully saturated rings. The first-order valence-corrected chi connectivity index (χ1v) is 8.86. The molecule has 1 aromatic rings. The Morgan fingerprint density at radius 1 is 1.24 bits per heavy atom. The van der Waals surface area contributed by atoms with Gasteiger partial charge in [-0.2, -0.15) is 0 Å². The fourth-order valence-electron chi connectivity index (χ4n) is 2.20. The van der Waals surface area contributed by atoms with Gasteiger partial charge in [0.25, 0.3) is 0 Å². The first kappa shape index (κ1) is 17.8. The summed E-state index contributed by atoms with van der Waals surface area (Å²) in [5.41, 5.74) is 6.91. The van der Waals surface area contributed by atoms with E-state index in [9.17, 15) is 8.42 Å². The van der Waals surface area contributed by atoms with Crippen molar-refractivity contribution in [2.45, 2.75) is 51.3 Å². The standard InChI is InChI=1S/C15H27N3O2S/c1-4-5-6-9-15(2,3)11-18-12-7-8-14(13(16)10-12)21(17,19)20/h7-8,10,18H,4-6,9,11,16H2,1-3H3,(H2,17,19,20). The van der Waals surface area contributed by atoms with E-state index >= 15 is 0 Å². The van der Waals surface area contributed by atoms with Gasteiger partial charge in [-0.15, -0.1) is 0 Å². The number of sulfonamides is 1. The van der Waals surface area contributed by atoms with E-state index in [4.69, 9.17) is 10.9 Å². The highest BCUT2D eigenvalue weighted by molar-refractivity contribution is 7.89. The zero-order valence-corrected chi connectivity index (χ0v) is 14.0. The lowest BCUT2D eigenvalue weighted by atomic mass is 9.87. The Labute approximate surface area is 128 Å². The molecule has 0 unspecified atom stereocenters. The molecule has 0 aliphatic rings. The summed E-state index contributed by atoms with van der Waals surface area (Å²) in [4.78, 5) is -0.0322. The Bertz CT molecular complexity index is 568. The van der Waals surface area contributed by atoms with Crippen molar-refractivity contribution < 1.29 is 8.42 Å². The third-order valence-corrected chi connectivity index (χ3v) is 4.53. The molecule has 0 amide bonds. The van der Waals surface area contributed by atoms with Crippen LogP contribution >= 0.6 is 0 Å². The first-order valence-electron chi connectivity index (χ1n) is 7.32. The molecule has 6 heteroatoms. The zero-order chi connectivity index (χ0) is 16.1. The van der Waals surface area contributed by atoms with Crippen LogP contribution in [0.1, 0.15) is 46.5 Å². The minimum atomic E-state index is -3.76. The second kappa shape index (κ2) is 7.13. The number of hydrogen-bond donors (Lipinski definition) is 3. The van der Waals surface area contributed by atoms with Gasteiger partial charge in [-0.1, -0.05) is 40.0 Å². The summed E-state index contributed by atoms with van der Waals surface area (Å²) in [7, 11) is -3.76. The minimum Gasteiger partial charge on any atom is -0.398 e. The predicted octanol–water partition coefficient (Wildman–Crippen LogP) is 2.93. The molecule has 0 atom stereocenters. The summed E-state index contributed by atoms with van der Waals surface area (Å²) >= 11 is 0. The van der Waals surface area contributed by atoms with Crippen LogP contribution in [0.4, 0.5) is 11.4 Å². The predicted molar refractivity (Wildman–Crippen MR) is 88.6 cm³/mol. The Morgan fingerprint density at radius 2 is 1.90 bits per heavy atom. The zero-order valence-electron chi connectivity index (χ0n) is 13.1. The number of primary sulfonamides is 1. The van der Waals surface area contributed by atoms with E-state index < -0.39 is 10.0 Å². The molecule has 5 nitrogen and oxygen atoms in total. The van der Waals surface area contributed by atoms with Crippen LogP contribution in [-0.4, -0.2) is 15.0 Å². The summed E-state index contributed by atoms with van der Waals surface area (Å²) in [6.45, 7) is 7.45. The number of unbranched alkanes of at least 4 members (excludes halogenated alkanes) is 2. The Morgan fingerprint density at radius 3 is 2.43 bits per heavy atom. The van der Waals surface area contributed by atoms with Crippen LogP contribution in [0, 0.1) is 5.41 Å². The minimum absolute atomic E-state index is 0.0322. The van der Waals surface area contributed by atoms with Crippen LogP contribution in [0.25, 0.3) is 0 Å². The molecule has 0 aromatic heterocycles. The Hall–Kier alpha value is -1.27. The number of rotatable bonds is 8. The molecule has 0 bridgehead atoms. The highest BCUT2D eigenvalue weighted by atomic mass is 32.2. The summed E-state index contributed by atoms with van der Waals surface area (Å²) in [5, 5.41) is 8.41. The summed E-state index contributed by atoms with van der Waals surface area (Å²) in [6, 6.07) is 4.75. The third kappa shape index (κ3) is 5.93. The van der Waals surface area contributed by atoms with E-state index in [1.165, 1.54) is 25.3 Å². The van der Waals surface area contributed by atoms with Gasteiger partial charge in [0.05, 0.1) is 5.69 Å². The van der Waals surface area contributed by atoms with Crippen molar-refractivity contribution in [1.29, 1.82) is 0 Å². The number of benzene rings is 1. The molecule has 1 rings (SSSR count). The normalized spacial score (nSPS) is 12.4. The van der Waals surface area contributed by atoms with Gasteiger partial charge >= 0.3 is 0 Å². The summed E-state index contributed by atoms with van der Waals surface area (Å²) in [6.07, 6.45) is 4.84. The van der Waals surface area contributed by atoms with Gasteiger partial charge in [-0.25, -0.2) is 13.6 Å². The van der Waals surface area contributed by atoms with E-state index in [0.717, 1.165) is 18.7 Å². The van der Waals surface area contributed by atoms with Crippen LogP contribution < -0.4 is 16.2 Å². The van der Waals surface area contributed by atoms with Crippen LogP contribution in [0.5, 0.6) is 0 Å². The van der Waals surface area contributed by atoms with Crippen molar-refractivity contribution in [3.63, 3.8) is 0 Å². The lowest BCUT2D eigenvalue weighted by molar-refractivity contribution is 0.342. The Kier molecular flexibility index (Phi) is 6.04. The Balaban J connectivity index is 2.66. The maximum atomic E-state index is 11.3. The maximum Gasteiger partial charge on any atom is 0.240 e. The molecule has 0 saturated carbocycles. The molecule has 0 aliphatic heterocycles. The van der Waals surface area contributed by atoms with Gasteiger partial charge in [0.1, 0.15) is 4.90 Å². The molecule has 0 saturated heterocycles. The summed E-state index contributed by atoms with van der Waals surface area (Å²) in [5.74, 6) is 0. The van der Waals surface area contributed by atoms with Crippen LogP contribution in [0.3, 0.4) is 0 Å². The molecule has 0 spiro atoms. The van der Waals surface area contributed by atoms with E-state index in [-0.39, 0.29) is 16.0 Å². The SMILES string of the molecule is CCCCCC(C)(C)CNc1ccc(S(N)(=O)=O)c(N)c1. The van der Waals surface area contributed by atoms with Crippen LogP contribution in [-0.2, 0) is 10.0 Å². The van der Waals surface area contributed by atoms with Crippen molar-refractivity contribution in [2.24, 2.45) is 10.6 Å². The average molecular weight is 313 g/mol. The topological polar surface area (TPSA) is 98.2 Å². The highest BCUT2D eigenvalue weighted by Gasteiger charge is 2.17. The summed E-state index contributed by atoms with van der Waals surface area (Å²) < 4.78 is 22.6. The van der Waals surface area contributed by atoms with Crippen molar-refractivity contribution in [3.8, 4) is 0 Å². The van der Waals surface area contributed by atoms with Crippen molar-refractivity contribution in [3.05, 3.63) is 18.2 Å². The number of nitrogens with one attached hydrogen (secondary N) is 1. The first-order chi connectivity index (χ1) is 9.65. The lowest BCUT2D eigenvalue weighted by Crippen LogP contribution is -2.23. The smallest absolute Gasteiger partial charge is 0.240 e. The second-order valence-corrected chi connectivity index (χ2v) is 7.80. The van der Waals surface area contributed by atoms with Gasteiger partial charge in [-0.3, -0.25) is 0 Å². The third-order valence-electron chi connectivity index (χ3n) is 3.54. The van der Waals surface area contributed by atoms with Gasteiger partial charge in [-0.05, 0) is 30.0 Å². The monoisotopic (exact) mass is 313 g/mol. The molecule has 0 aliphatic carbocycles. The van der Waals surface area contributed by atoms with Gasteiger partial charge in [0, 0.05) is 12.2 Å². The molecule has 1 aromatic carbocycles. The number of nitrogens with two attached hydrogens (primary N) is 2. The largest absolute Gasteiger partial charge is 0.398 e.